The van der Waals surface area contributed by atoms with Crippen LogP contribution in [0.4, 0.5) is 0 Å². The molecule has 0 aliphatic heterocycles. The number of nitrogens with zero attached hydrogens (tertiary/aromatic N) is 2. The fraction of sp³-hybridized carbons (Fsp3) is 0.308. The Hall–Kier alpha value is -3.82. The van der Waals surface area contributed by atoms with Crippen molar-refractivity contribution >= 4 is 27.8 Å². The Bertz CT molecular complexity index is 1350. The molecule has 0 saturated heterocycles. The van der Waals surface area contributed by atoms with Crippen LogP contribution in [0.3, 0.4) is 0 Å². The van der Waals surface area contributed by atoms with E-state index in [-0.39, 0.29) is 5.69 Å². The first-order valence-corrected chi connectivity index (χ1v) is 10.9. The molecule has 2 aromatic heterocycles. The second-order valence-electron chi connectivity index (χ2n) is 7.72. The zero-order valence-corrected chi connectivity index (χ0v) is 20.6. The summed E-state index contributed by atoms with van der Waals surface area (Å²) in [6.45, 7) is 0.452. The van der Waals surface area contributed by atoms with Crippen molar-refractivity contribution in [2.45, 2.75) is 12.8 Å². The molecule has 9 heteroatoms. The van der Waals surface area contributed by atoms with Gasteiger partial charge in [0.2, 0.25) is 12.0 Å². The van der Waals surface area contributed by atoms with E-state index >= 15 is 0 Å². The second-order valence-corrected chi connectivity index (χ2v) is 7.72. The van der Waals surface area contributed by atoms with Gasteiger partial charge in [0.05, 0.1) is 34.0 Å². The smallest absolute Gasteiger partial charge is 0.356 e. The zero-order chi connectivity index (χ0) is 25.1. The van der Waals surface area contributed by atoms with Gasteiger partial charge in [-0.2, -0.15) is 0 Å². The van der Waals surface area contributed by atoms with Crippen LogP contribution in [0.1, 0.15) is 28.0 Å². The Kier molecular flexibility index (Phi) is 7.09. The van der Waals surface area contributed by atoms with Gasteiger partial charge in [0, 0.05) is 37.1 Å². The molecule has 0 N–H and O–H groups in total. The van der Waals surface area contributed by atoms with Crippen LogP contribution in [0.15, 0.2) is 42.5 Å². The van der Waals surface area contributed by atoms with E-state index in [1.165, 1.54) is 21.3 Å². The average molecular weight is 481 g/mol. The van der Waals surface area contributed by atoms with Gasteiger partial charge in [-0.25, -0.2) is 9.78 Å². The molecule has 0 spiro atoms. The van der Waals surface area contributed by atoms with Crippen LogP contribution >= 0.6 is 0 Å². The fourth-order valence-corrected chi connectivity index (χ4v) is 4.37. The molecule has 2 aromatic carbocycles. The van der Waals surface area contributed by atoms with Crippen LogP contribution < -0.4 is 14.2 Å². The Morgan fingerprint density at radius 3 is 2.11 bits per heavy atom. The number of aromatic nitrogens is 2. The SMILES string of the molecule is COC(=O)c1cc2c3ccccc3n(Cc3cc(OC)c(OC)c(OC)c3)c2c(C(OC)OC)n1. The molecular formula is C26H28N2O7. The lowest BCUT2D eigenvalue weighted by Crippen LogP contribution is -2.14. The molecule has 0 bridgehead atoms. The van der Waals surface area contributed by atoms with Crippen molar-refractivity contribution in [3.05, 3.63) is 59.4 Å². The summed E-state index contributed by atoms with van der Waals surface area (Å²) < 4.78 is 34.7. The third kappa shape index (κ3) is 4.24. The molecule has 0 saturated carbocycles. The third-order valence-electron chi connectivity index (χ3n) is 5.89. The molecule has 0 amide bonds. The maximum absolute atomic E-state index is 12.4. The Morgan fingerprint density at radius 1 is 0.886 bits per heavy atom. The number of carbonyl (C=O) groups excluding carboxylic acids is 1. The van der Waals surface area contributed by atoms with E-state index in [0.717, 1.165) is 27.4 Å². The summed E-state index contributed by atoms with van der Waals surface area (Å²) in [6, 6.07) is 13.5. The predicted octanol–water partition coefficient (Wildman–Crippen LogP) is 4.34. The summed E-state index contributed by atoms with van der Waals surface area (Å²) >= 11 is 0. The van der Waals surface area contributed by atoms with Crippen LogP contribution in [0.2, 0.25) is 0 Å². The number of para-hydroxylation sites is 1. The summed E-state index contributed by atoms with van der Waals surface area (Å²) in [4.78, 5) is 17.0. The van der Waals surface area contributed by atoms with E-state index in [0.29, 0.717) is 29.5 Å². The molecule has 35 heavy (non-hydrogen) atoms. The first kappa shape index (κ1) is 24.3. The monoisotopic (exact) mass is 480 g/mol. The van der Waals surface area contributed by atoms with Crippen LogP contribution in [-0.2, 0) is 20.8 Å². The lowest BCUT2D eigenvalue weighted by Gasteiger charge is -2.18. The molecule has 0 aliphatic rings. The normalized spacial score (nSPS) is 11.3. The minimum atomic E-state index is -0.801. The quantitative estimate of drug-likeness (QED) is 0.258. The number of methoxy groups -OCH3 is 6. The number of fused-ring (bicyclic) bond motifs is 3. The maximum Gasteiger partial charge on any atom is 0.356 e. The van der Waals surface area contributed by atoms with Crippen molar-refractivity contribution in [3.8, 4) is 17.2 Å². The molecule has 4 rings (SSSR count). The number of pyridine rings is 1. The Balaban J connectivity index is 2.03. The van der Waals surface area contributed by atoms with E-state index in [1.54, 1.807) is 27.4 Å². The molecule has 0 radical (unpaired) electrons. The highest BCUT2D eigenvalue weighted by Crippen LogP contribution is 2.40. The fourth-order valence-electron chi connectivity index (χ4n) is 4.37. The van der Waals surface area contributed by atoms with Crippen LogP contribution in [-0.4, -0.2) is 58.2 Å². The summed E-state index contributed by atoms with van der Waals surface area (Å²) in [5.41, 5.74) is 3.28. The maximum atomic E-state index is 12.4. The van der Waals surface area contributed by atoms with Gasteiger partial charge in [-0.15, -0.1) is 0 Å². The van der Waals surface area contributed by atoms with Crippen molar-refractivity contribution in [2.75, 3.05) is 42.7 Å². The molecule has 4 aromatic rings. The van der Waals surface area contributed by atoms with Gasteiger partial charge >= 0.3 is 5.97 Å². The van der Waals surface area contributed by atoms with Crippen LogP contribution in [0.5, 0.6) is 17.2 Å². The number of esters is 1. The minimum absolute atomic E-state index is 0.171. The van der Waals surface area contributed by atoms with E-state index in [1.807, 2.05) is 36.4 Å². The lowest BCUT2D eigenvalue weighted by molar-refractivity contribution is -0.107. The molecule has 0 atom stereocenters. The van der Waals surface area contributed by atoms with Crippen molar-refractivity contribution in [2.24, 2.45) is 0 Å². The van der Waals surface area contributed by atoms with Gasteiger partial charge in [-0.3, -0.25) is 0 Å². The van der Waals surface area contributed by atoms with Gasteiger partial charge in [0.25, 0.3) is 0 Å². The topological polar surface area (TPSA) is 90.3 Å². The summed E-state index contributed by atoms with van der Waals surface area (Å²) in [5.74, 6) is 1.09. The number of hydrogen-bond acceptors (Lipinski definition) is 8. The molecule has 0 aliphatic carbocycles. The van der Waals surface area contributed by atoms with Crippen LogP contribution in [0.25, 0.3) is 21.8 Å². The Morgan fingerprint density at radius 2 is 1.54 bits per heavy atom. The van der Waals surface area contributed by atoms with Crippen molar-refractivity contribution in [1.82, 2.24) is 9.55 Å². The van der Waals surface area contributed by atoms with E-state index in [2.05, 4.69) is 9.55 Å². The molecule has 0 unspecified atom stereocenters. The summed E-state index contributed by atoms with van der Waals surface area (Å²) in [6.07, 6.45) is -0.801. The molecule has 9 nitrogen and oxygen atoms in total. The standard InChI is InChI=1S/C26H28N2O7/c1-30-20-11-15(12-21(31-2)24(20)32-3)14-28-19-10-8-7-9-16(19)17-13-18(25(29)33-4)27-22(23(17)28)26(34-5)35-6/h7-13,26H,14H2,1-6H3. The van der Waals surface area contributed by atoms with E-state index in [4.69, 9.17) is 28.4 Å². The molecular weight excluding hydrogens is 452 g/mol. The predicted molar refractivity (Wildman–Crippen MR) is 131 cm³/mol. The minimum Gasteiger partial charge on any atom is -0.493 e. The number of hydrogen-bond donors (Lipinski definition) is 0. The number of ether oxygens (including phenoxy) is 6. The van der Waals surface area contributed by atoms with E-state index in [9.17, 15) is 4.79 Å². The first-order valence-electron chi connectivity index (χ1n) is 10.9. The van der Waals surface area contributed by atoms with Crippen molar-refractivity contribution in [3.63, 3.8) is 0 Å². The molecule has 0 fully saturated rings. The third-order valence-corrected chi connectivity index (χ3v) is 5.89. The van der Waals surface area contributed by atoms with Gasteiger partial charge in [0.1, 0.15) is 11.4 Å². The summed E-state index contributed by atoms with van der Waals surface area (Å²) in [7, 11) is 9.11. The average Bonchev–Trinajstić information content (AvgIpc) is 3.21. The first-order chi connectivity index (χ1) is 17.0. The Labute approximate surface area is 203 Å². The highest BCUT2D eigenvalue weighted by atomic mass is 16.7. The highest BCUT2D eigenvalue weighted by Gasteiger charge is 2.25. The zero-order valence-electron chi connectivity index (χ0n) is 20.6. The van der Waals surface area contributed by atoms with Gasteiger partial charge in [-0.05, 0) is 29.8 Å². The van der Waals surface area contributed by atoms with Crippen molar-refractivity contribution in [1.29, 1.82) is 0 Å². The second kappa shape index (κ2) is 10.2. The highest BCUT2D eigenvalue weighted by molar-refractivity contribution is 6.10. The van der Waals surface area contributed by atoms with Crippen molar-refractivity contribution < 1.29 is 33.2 Å². The van der Waals surface area contributed by atoms with Gasteiger partial charge < -0.3 is 33.0 Å². The number of rotatable bonds is 9. The van der Waals surface area contributed by atoms with Crippen LogP contribution in [0, 0.1) is 0 Å². The molecule has 184 valence electrons. The number of benzene rings is 2. The lowest BCUT2D eigenvalue weighted by atomic mass is 10.1. The van der Waals surface area contributed by atoms with Gasteiger partial charge in [-0.1, -0.05) is 18.2 Å². The molecule has 2 heterocycles. The van der Waals surface area contributed by atoms with E-state index < -0.39 is 12.3 Å². The number of carbonyl (C=O) groups is 1. The summed E-state index contributed by atoms with van der Waals surface area (Å²) in [5, 5.41) is 1.78. The van der Waals surface area contributed by atoms with Gasteiger partial charge in [0.15, 0.2) is 11.5 Å². The largest absolute Gasteiger partial charge is 0.493 e.